The van der Waals surface area contributed by atoms with Crippen LogP contribution in [0.2, 0.25) is 0 Å². The first-order chi connectivity index (χ1) is 17.9. The second kappa shape index (κ2) is 12.8. The lowest BCUT2D eigenvalue weighted by Gasteiger charge is -2.11. The highest BCUT2D eigenvalue weighted by Crippen LogP contribution is 2.23. The summed E-state index contributed by atoms with van der Waals surface area (Å²) in [4.78, 5) is 12.4. The molecule has 0 radical (unpaired) electrons. The molecule has 10 heteroatoms. The van der Waals surface area contributed by atoms with Crippen LogP contribution in [0, 0.1) is 0 Å². The highest BCUT2D eigenvalue weighted by molar-refractivity contribution is 7.89. The summed E-state index contributed by atoms with van der Waals surface area (Å²) in [6, 6.07) is 20.4. The summed E-state index contributed by atoms with van der Waals surface area (Å²) < 4.78 is 33.5. The predicted molar refractivity (Wildman–Crippen MR) is 149 cm³/mol. The Kier molecular flexibility index (Phi) is 9.24. The average molecular weight is 538 g/mol. The van der Waals surface area contributed by atoms with Gasteiger partial charge in [0, 0.05) is 35.3 Å². The SMILES string of the molecule is CN(C)CCCNS(=O)(=O)c1ccc(Nc2nccc(-c3ccc(OCCc4cccs4)cc3)n2)cc1. The van der Waals surface area contributed by atoms with Crippen LogP contribution in [-0.2, 0) is 16.4 Å². The Morgan fingerprint density at radius 3 is 2.49 bits per heavy atom. The molecule has 2 heterocycles. The summed E-state index contributed by atoms with van der Waals surface area (Å²) in [5.41, 5.74) is 2.40. The van der Waals surface area contributed by atoms with Crippen LogP contribution in [0.3, 0.4) is 0 Å². The Morgan fingerprint density at radius 1 is 1.00 bits per heavy atom. The van der Waals surface area contributed by atoms with Crippen molar-refractivity contribution >= 4 is 33.0 Å². The molecule has 2 aromatic heterocycles. The van der Waals surface area contributed by atoms with Crippen molar-refractivity contribution in [3.05, 3.63) is 83.2 Å². The van der Waals surface area contributed by atoms with E-state index in [9.17, 15) is 8.42 Å². The van der Waals surface area contributed by atoms with E-state index in [1.54, 1.807) is 41.8 Å². The molecule has 0 aliphatic rings. The minimum Gasteiger partial charge on any atom is -0.493 e. The molecule has 0 saturated carbocycles. The number of nitrogens with zero attached hydrogens (tertiary/aromatic N) is 3. The standard InChI is InChI=1S/C27H31N5O3S2/c1-32(2)18-4-16-29-37(33,34)25-12-8-22(9-13-25)30-27-28-17-14-26(31-27)21-6-10-23(11-7-21)35-19-15-24-5-3-20-36-24/h3,5-14,17,20,29H,4,15-16,18-19H2,1-2H3,(H,28,30,31). The number of ether oxygens (including phenoxy) is 1. The van der Waals surface area contributed by atoms with E-state index in [1.165, 1.54) is 4.88 Å². The highest BCUT2D eigenvalue weighted by atomic mass is 32.2. The number of anilines is 2. The number of aromatic nitrogens is 2. The third kappa shape index (κ3) is 8.09. The summed E-state index contributed by atoms with van der Waals surface area (Å²) in [5, 5.41) is 5.21. The van der Waals surface area contributed by atoms with Crippen LogP contribution in [0.25, 0.3) is 11.3 Å². The van der Waals surface area contributed by atoms with E-state index in [-0.39, 0.29) is 4.90 Å². The van der Waals surface area contributed by atoms with Crippen LogP contribution in [-0.4, -0.2) is 57.1 Å². The van der Waals surface area contributed by atoms with Crippen molar-refractivity contribution in [3.8, 4) is 17.0 Å². The van der Waals surface area contributed by atoms with Gasteiger partial charge in [0.2, 0.25) is 16.0 Å². The van der Waals surface area contributed by atoms with Crippen molar-refractivity contribution in [2.45, 2.75) is 17.7 Å². The van der Waals surface area contributed by atoms with Crippen molar-refractivity contribution in [2.75, 3.05) is 39.1 Å². The zero-order valence-corrected chi connectivity index (χ0v) is 22.6. The molecule has 0 amide bonds. The van der Waals surface area contributed by atoms with E-state index < -0.39 is 10.0 Å². The first-order valence-electron chi connectivity index (χ1n) is 12.0. The van der Waals surface area contributed by atoms with Gasteiger partial charge in [0.1, 0.15) is 5.75 Å². The first-order valence-corrected chi connectivity index (χ1v) is 14.4. The fourth-order valence-electron chi connectivity index (χ4n) is 3.56. The van der Waals surface area contributed by atoms with Gasteiger partial charge in [0.25, 0.3) is 0 Å². The van der Waals surface area contributed by atoms with E-state index in [2.05, 4.69) is 31.5 Å². The van der Waals surface area contributed by atoms with Crippen molar-refractivity contribution in [2.24, 2.45) is 0 Å². The van der Waals surface area contributed by atoms with Gasteiger partial charge in [-0.25, -0.2) is 23.1 Å². The lowest BCUT2D eigenvalue weighted by molar-refractivity contribution is 0.323. The summed E-state index contributed by atoms with van der Waals surface area (Å²) in [5.74, 6) is 1.24. The summed E-state index contributed by atoms with van der Waals surface area (Å²) >= 11 is 1.73. The molecule has 0 aliphatic heterocycles. The number of benzene rings is 2. The molecule has 37 heavy (non-hydrogen) atoms. The monoisotopic (exact) mass is 537 g/mol. The van der Waals surface area contributed by atoms with Crippen molar-refractivity contribution in [1.29, 1.82) is 0 Å². The molecular weight excluding hydrogens is 506 g/mol. The smallest absolute Gasteiger partial charge is 0.240 e. The van der Waals surface area contributed by atoms with E-state index in [1.807, 2.05) is 55.4 Å². The Morgan fingerprint density at radius 2 is 1.78 bits per heavy atom. The molecule has 2 N–H and O–H groups in total. The zero-order chi connectivity index (χ0) is 26.1. The number of thiophene rings is 1. The second-order valence-electron chi connectivity index (χ2n) is 8.67. The van der Waals surface area contributed by atoms with Gasteiger partial charge in [0.15, 0.2) is 0 Å². The fourth-order valence-corrected chi connectivity index (χ4v) is 5.32. The maximum Gasteiger partial charge on any atom is 0.240 e. The van der Waals surface area contributed by atoms with Gasteiger partial charge in [-0.1, -0.05) is 6.07 Å². The number of rotatable bonds is 13. The molecule has 0 unspecified atom stereocenters. The maximum absolute atomic E-state index is 12.5. The molecule has 4 aromatic rings. The maximum atomic E-state index is 12.5. The van der Waals surface area contributed by atoms with E-state index in [0.717, 1.165) is 36.4 Å². The zero-order valence-electron chi connectivity index (χ0n) is 20.9. The van der Waals surface area contributed by atoms with Crippen LogP contribution in [0.5, 0.6) is 5.75 Å². The molecule has 2 aromatic carbocycles. The lowest BCUT2D eigenvalue weighted by Crippen LogP contribution is -2.27. The molecular formula is C27H31N5O3S2. The second-order valence-corrected chi connectivity index (χ2v) is 11.5. The van der Waals surface area contributed by atoms with Gasteiger partial charge in [-0.3, -0.25) is 0 Å². The minimum absolute atomic E-state index is 0.218. The topological polar surface area (TPSA) is 96.5 Å². The number of hydrogen-bond acceptors (Lipinski definition) is 8. The Balaban J connectivity index is 1.33. The van der Waals surface area contributed by atoms with E-state index >= 15 is 0 Å². The molecule has 0 saturated heterocycles. The quantitative estimate of drug-likeness (QED) is 0.237. The number of nitrogens with one attached hydrogen (secondary N) is 2. The summed E-state index contributed by atoms with van der Waals surface area (Å²) in [7, 11) is 0.367. The van der Waals surface area contributed by atoms with E-state index in [0.29, 0.717) is 24.8 Å². The Labute approximate surface area is 222 Å². The normalized spacial score (nSPS) is 11.5. The van der Waals surface area contributed by atoms with E-state index in [4.69, 9.17) is 4.74 Å². The molecule has 0 atom stereocenters. The first kappa shape index (κ1) is 26.7. The van der Waals surface area contributed by atoms with Crippen molar-refractivity contribution in [1.82, 2.24) is 19.6 Å². The highest BCUT2D eigenvalue weighted by Gasteiger charge is 2.13. The van der Waals surface area contributed by atoms with Crippen LogP contribution in [0.1, 0.15) is 11.3 Å². The van der Waals surface area contributed by atoms with Crippen LogP contribution in [0.4, 0.5) is 11.6 Å². The third-order valence-electron chi connectivity index (χ3n) is 5.50. The largest absolute Gasteiger partial charge is 0.493 e. The molecule has 0 spiro atoms. The van der Waals surface area contributed by atoms with Gasteiger partial charge in [-0.05, 0) is 93.1 Å². The van der Waals surface area contributed by atoms with Gasteiger partial charge in [-0.2, -0.15) is 0 Å². The molecule has 0 aliphatic carbocycles. The average Bonchev–Trinajstić information content (AvgIpc) is 3.41. The molecule has 194 valence electrons. The predicted octanol–water partition coefficient (Wildman–Crippen LogP) is 4.80. The van der Waals surface area contributed by atoms with Crippen LogP contribution in [0.15, 0.2) is 83.2 Å². The van der Waals surface area contributed by atoms with Crippen molar-refractivity contribution < 1.29 is 13.2 Å². The minimum atomic E-state index is -3.55. The fraction of sp³-hybridized carbons (Fsp3) is 0.259. The molecule has 0 bridgehead atoms. The summed E-state index contributed by atoms with van der Waals surface area (Å²) in [6.07, 6.45) is 3.32. The third-order valence-corrected chi connectivity index (χ3v) is 7.91. The summed E-state index contributed by atoms with van der Waals surface area (Å²) in [6.45, 7) is 1.84. The van der Waals surface area contributed by atoms with Crippen molar-refractivity contribution in [3.63, 3.8) is 0 Å². The van der Waals surface area contributed by atoms with Crippen LogP contribution >= 0.6 is 11.3 Å². The Hall–Kier alpha value is -3.31. The number of hydrogen-bond donors (Lipinski definition) is 2. The number of sulfonamides is 1. The lowest BCUT2D eigenvalue weighted by atomic mass is 10.1. The molecule has 0 fully saturated rings. The molecule has 4 rings (SSSR count). The molecule has 8 nitrogen and oxygen atoms in total. The van der Waals surface area contributed by atoms with Gasteiger partial charge >= 0.3 is 0 Å². The van der Waals surface area contributed by atoms with Crippen LogP contribution < -0.4 is 14.8 Å². The van der Waals surface area contributed by atoms with Gasteiger partial charge in [0.05, 0.1) is 17.2 Å². The van der Waals surface area contributed by atoms with Gasteiger partial charge in [-0.15, -0.1) is 11.3 Å². The Bertz CT molecular complexity index is 1360. The van der Waals surface area contributed by atoms with Gasteiger partial charge < -0.3 is 15.0 Å².